The Bertz CT molecular complexity index is 533. The van der Waals surface area contributed by atoms with Crippen molar-refractivity contribution < 1.29 is 19.0 Å². The number of carbonyl (C=O) groups is 1. The maximum atomic E-state index is 11.8. The molecule has 1 N–H and O–H groups in total. The molecule has 6 heteroatoms. The summed E-state index contributed by atoms with van der Waals surface area (Å²) in [5, 5.41) is 11.8. The number of ether oxygens (including phenoxy) is 3. The van der Waals surface area contributed by atoms with Gasteiger partial charge in [0.15, 0.2) is 6.61 Å². The maximum Gasteiger partial charge on any atom is 0.258 e. The fraction of sp³-hybridized carbons (Fsp3) is 0.467. The van der Waals surface area contributed by atoms with Crippen LogP contribution in [0, 0.1) is 11.3 Å². The molecule has 1 saturated heterocycles. The highest BCUT2D eigenvalue weighted by Gasteiger charge is 2.16. The Morgan fingerprint density at radius 1 is 1.38 bits per heavy atom. The summed E-state index contributed by atoms with van der Waals surface area (Å²) >= 11 is 0. The Balaban J connectivity index is 1.87. The Labute approximate surface area is 123 Å². The Kier molecular flexibility index (Phi) is 5.41. The number of nitrogens with one attached hydrogen (secondary N) is 1. The van der Waals surface area contributed by atoms with Gasteiger partial charge in [-0.3, -0.25) is 4.79 Å². The maximum absolute atomic E-state index is 11.8. The molecule has 0 aromatic heterocycles. The van der Waals surface area contributed by atoms with Gasteiger partial charge in [0.05, 0.1) is 18.7 Å². The first-order valence-corrected chi connectivity index (χ1v) is 6.80. The third-order valence-corrected chi connectivity index (χ3v) is 3.20. The lowest BCUT2D eigenvalue weighted by Gasteiger charge is -2.23. The van der Waals surface area contributed by atoms with Crippen LogP contribution in [0.3, 0.4) is 0 Å². The fourth-order valence-electron chi connectivity index (χ4n) is 2.10. The number of hydrogen-bond acceptors (Lipinski definition) is 5. The van der Waals surface area contributed by atoms with Crippen LogP contribution in [-0.4, -0.2) is 38.9 Å². The van der Waals surface area contributed by atoms with Gasteiger partial charge in [-0.05, 0) is 25.0 Å². The van der Waals surface area contributed by atoms with E-state index in [0.29, 0.717) is 30.3 Å². The van der Waals surface area contributed by atoms with Crippen molar-refractivity contribution in [2.45, 2.75) is 18.9 Å². The van der Waals surface area contributed by atoms with Crippen molar-refractivity contribution in [2.24, 2.45) is 0 Å². The molecule has 0 saturated carbocycles. The summed E-state index contributed by atoms with van der Waals surface area (Å²) in [6.07, 6.45) is 1.65. The van der Waals surface area contributed by atoms with Gasteiger partial charge in [0.25, 0.3) is 5.91 Å². The molecule has 0 aliphatic carbocycles. The largest absolute Gasteiger partial charge is 0.497 e. The summed E-state index contributed by atoms with van der Waals surface area (Å²) in [5.41, 5.74) is 0.425. The van der Waals surface area contributed by atoms with E-state index in [0.717, 1.165) is 12.8 Å². The van der Waals surface area contributed by atoms with Gasteiger partial charge in [0.2, 0.25) is 0 Å². The van der Waals surface area contributed by atoms with Gasteiger partial charge in [-0.1, -0.05) is 0 Å². The number of hydrogen-bond donors (Lipinski definition) is 1. The van der Waals surface area contributed by atoms with Crippen molar-refractivity contribution in [3.8, 4) is 17.6 Å². The van der Waals surface area contributed by atoms with Crippen LogP contribution >= 0.6 is 0 Å². The summed E-state index contributed by atoms with van der Waals surface area (Å²) < 4.78 is 15.7. The predicted molar refractivity (Wildman–Crippen MR) is 75.2 cm³/mol. The Morgan fingerprint density at radius 3 is 2.76 bits per heavy atom. The minimum absolute atomic E-state index is 0.0879. The van der Waals surface area contributed by atoms with E-state index in [2.05, 4.69) is 5.32 Å². The van der Waals surface area contributed by atoms with E-state index < -0.39 is 0 Å². The molecular weight excluding hydrogens is 272 g/mol. The standard InChI is InChI=1S/C15H18N2O4/c1-19-13-6-11(9-16)7-14(8-13)21-10-15(18)17-12-2-4-20-5-3-12/h6-8,12H,2-5,10H2,1H3,(H,17,18). The molecule has 2 rings (SSSR count). The van der Waals surface area contributed by atoms with E-state index in [1.807, 2.05) is 6.07 Å². The lowest BCUT2D eigenvalue weighted by Crippen LogP contribution is -2.41. The highest BCUT2D eigenvalue weighted by molar-refractivity contribution is 5.77. The molecule has 21 heavy (non-hydrogen) atoms. The normalized spacial score (nSPS) is 15.0. The molecule has 1 aromatic carbocycles. The molecular formula is C15H18N2O4. The molecule has 1 heterocycles. The van der Waals surface area contributed by atoms with Crippen molar-refractivity contribution in [1.29, 1.82) is 5.26 Å². The summed E-state index contributed by atoms with van der Waals surface area (Å²) in [6, 6.07) is 6.99. The second-order valence-corrected chi connectivity index (χ2v) is 4.75. The zero-order valence-corrected chi connectivity index (χ0v) is 11.9. The van der Waals surface area contributed by atoms with Crippen molar-refractivity contribution in [1.82, 2.24) is 5.32 Å². The SMILES string of the molecule is COc1cc(C#N)cc(OCC(=O)NC2CCOCC2)c1. The smallest absolute Gasteiger partial charge is 0.258 e. The van der Waals surface area contributed by atoms with E-state index in [9.17, 15) is 4.79 Å². The second kappa shape index (κ2) is 7.50. The lowest BCUT2D eigenvalue weighted by atomic mass is 10.1. The first-order valence-electron chi connectivity index (χ1n) is 6.80. The highest BCUT2D eigenvalue weighted by Crippen LogP contribution is 2.22. The molecule has 1 aliphatic heterocycles. The third kappa shape index (κ3) is 4.65. The summed E-state index contributed by atoms with van der Waals surface area (Å²) in [4.78, 5) is 11.8. The molecule has 0 radical (unpaired) electrons. The van der Waals surface area contributed by atoms with Crippen molar-refractivity contribution in [2.75, 3.05) is 26.9 Å². The topological polar surface area (TPSA) is 80.6 Å². The fourth-order valence-corrected chi connectivity index (χ4v) is 2.10. The number of amides is 1. The molecule has 1 aliphatic rings. The van der Waals surface area contributed by atoms with E-state index >= 15 is 0 Å². The third-order valence-electron chi connectivity index (χ3n) is 3.20. The van der Waals surface area contributed by atoms with Crippen molar-refractivity contribution in [3.05, 3.63) is 23.8 Å². The number of carbonyl (C=O) groups excluding carboxylic acids is 1. The van der Waals surface area contributed by atoms with Gasteiger partial charge in [0.1, 0.15) is 11.5 Å². The number of rotatable bonds is 5. The van der Waals surface area contributed by atoms with E-state index in [-0.39, 0.29) is 18.6 Å². The van der Waals surface area contributed by atoms with Gasteiger partial charge in [-0.2, -0.15) is 5.26 Å². The predicted octanol–water partition coefficient (Wildman–Crippen LogP) is 1.24. The first kappa shape index (κ1) is 15.1. The van der Waals surface area contributed by atoms with Crippen LogP contribution in [0.5, 0.6) is 11.5 Å². The van der Waals surface area contributed by atoms with Crippen LogP contribution in [0.4, 0.5) is 0 Å². The Morgan fingerprint density at radius 2 is 2.10 bits per heavy atom. The van der Waals surface area contributed by atoms with E-state index in [1.165, 1.54) is 7.11 Å². The van der Waals surface area contributed by atoms with Gasteiger partial charge in [-0.25, -0.2) is 0 Å². The van der Waals surface area contributed by atoms with Crippen LogP contribution in [-0.2, 0) is 9.53 Å². The molecule has 1 aromatic rings. The van der Waals surface area contributed by atoms with Crippen molar-refractivity contribution in [3.63, 3.8) is 0 Å². The van der Waals surface area contributed by atoms with Crippen LogP contribution in [0.2, 0.25) is 0 Å². The molecule has 0 bridgehead atoms. The van der Waals surface area contributed by atoms with Gasteiger partial charge in [0, 0.05) is 25.3 Å². The zero-order chi connectivity index (χ0) is 15.1. The quantitative estimate of drug-likeness (QED) is 0.882. The Hall–Kier alpha value is -2.26. The number of methoxy groups -OCH3 is 1. The summed E-state index contributed by atoms with van der Waals surface area (Å²) in [7, 11) is 1.51. The highest BCUT2D eigenvalue weighted by atomic mass is 16.5. The average molecular weight is 290 g/mol. The lowest BCUT2D eigenvalue weighted by molar-refractivity contribution is -0.124. The zero-order valence-electron chi connectivity index (χ0n) is 11.9. The van der Waals surface area contributed by atoms with Crippen LogP contribution in [0.15, 0.2) is 18.2 Å². The average Bonchev–Trinajstić information content (AvgIpc) is 2.53. The molecule has 0 spiro atoms. The molecule has 112 valence electrons. The van der Waals surface area contributed by atoms with Gasteiger partial charge in [-0.15, -0.1) is 0 Å². The number of nitriles is 1. The monoisotopic (exact) mass is 290 g/mol. The van der Waals surface area contributed by atoms with Crippen LogP contribution in [0.1, 0.15) is 18.4 Å². The van der Waals surface area contributed by atoms with E-state index in [4.69, 9.17) is 19.5 Å². The minimum atomic E-state index is -0.178. The molecule has 0 unspecified atom stereocenters. The van der Waals surface area contributed by atoms with Gasteiger partial charge >= 0.3 is 0 Å². The first-order chi connectivity index (χ1) is 10.2. The number of benzene rings is 1. The van der Waals surface area contributed by atoms with Gasteiger partial charge < -0.3 is 19.5 Å². The summed E-state index contributed by atoms with van der Waals surface area (Å²) in [5.74, 6) is 0.783. The number of nitrogens with zero attached hydrogens (tertiary/aromatic N) is 1. The van der Waals surface area contributed by atoms with Crippen LogP contribution < -0.4 is 14.8 Å². The van der Waals surface area contributed by atoms with Crippen LogP contribution in [0.25, 0.3) is 0 Å². The minimum Gasteiger partial charge on any atom is -0.497 e. The molecule has 0 atom stereocenters. The molecule has 1 amide bonds. The van der Waals surface area contributed by atoms with E-state index in [1.54, 1.807) is 18.2 Å². The molecule has 1 fully saturated rings. The van der Waals surface area contributed by atoms with Crippen molar-refractivity contribution >= 4 is 5.91 Å². The summed E-state index contributed by atoms with van der Waals surface area (Å²) in [6.45, 7) is 1.26. The second-order valence-electron chi connectivity index (χ2n) is 4.75. The molecule has 6 nitrogen and oxygen atoms in total.